The molecule has 3 rings (SSSR count). The summed E-state index contributed by atoms with van der Waals surface area (Å²) in [6, 6.07) is 26.6. The number of para-hydroxylation sites is 1. The fraction of sp³-hybridized carbons (Fsp3) is 0.167. The maximum atomic E-state index is 13.0. The summed E-state index contributed by atoms with van der Waals surface area (Å²) in [6.07, 6.45) is 1.09. The first-order valence-electron chi connectivity index (χ1n) is 9.47. The van der Waals surface area contributed by atoms with Crippen molar-refractivity contribution in [3.63, 3.8) is 0 Å². The average molecular weight is 407 g/mol. The Morgan fingerprint density at radius 2 is 1.38 bits per heavy atom. The predicted molar refractivity (Wildman–Crippen MR) is 117 cm³/mol. The Labute approximate surface area is 175 Å². The summed E-state index contributed by atoms with van der Waals surface area (Å²) in [4.78, 5) is 24.9. The Bertz CT molecular complexity index is 945. The highest BCUT2D eigenvalue weighted by Gasteiger charge is 2.22. The molecule has 0 saturated heterocycles. The minimum atomic E-state index is -0.714. The Kier molecular flexibility index (Phi) is 7.42. The van der Waals surface area contributed by atoms with Crippen molar-refractivity contribution >= 4 is 29.1 Å². The van der Waals surface area contributed by atoms with Crippen molar-refractivity contribution in [2.75, 3.05) is 11.2 Å². The molecule has 0 spiro atoms. The molecule has 4 nitrogen and oxygen atoms in total. The first-order valence-corrected chi connectivity index (χ1v) is 10.0. The molecule has 0 aliphatic carbocycles. The number of alkyl halides is 1. The molecule has 5 heteroatoms. The number of amides is 2. The quantitative estimate of drug-likeness (QED) is 0.551. The molecule has 29 heavy (non-hydrogen) atoms. The van der Waals surface area contributed by atoms with Gasteiger partial charge in [0.25, 0.3) is 0 Å². The Hall–Kier alpha value is -3.11. The SMILES string of the molecule is O=C(CCl)NC(Cc1ccccc1)C(=O)Nc1ccccc1Cc1ccccc1. The average Bonchev–Trinajstić information content (AvgIpc) is 2.76. The van der Waals surface area contributed by atoms with Gasteiger partial charge >= 0.3 is 0 Å². The molecule has 2 amide bonds. The van der Waals surface area contributed by atoms with E-state index < -0.39 is 6.04 Å². The van der Waals surface area contributed by atoms with Crippen LogP contribution in [0.2, 0.25) is 0 Å². The summed E-state index contributed by atoms with van der Waals surface area (Å²) >= 11 is 5.64. The zero-order valence-electron chi connectivity index (χ0n) is 16.0. The van der Waals surface area contributed by atoms with Gasteiger partial charge in [-0.15, -0.1) is 11.6 Å². The molecule has 0 heterocycles. The molecular weight excluding hydrogens is 384 g/mol. The van der Waals surface area contributed by atoms with Crippen molar-refractivity contribution in [1.29, 1.82) is 0 Å². The minimum Gasteiger partial charge on any atom is -0.343 e. The summed E-state index contributed by atoms with van der Waals surface area (Å²) < 4.78 is 0. The highest BCUT2D eigenvalue weighted by Crippen LogP contribution is 2.19. The second kappa shape index (κ2) is 10.4. The first kappa shape index (κ1) is 20.6. The van der Waals surface area contributed by atoms with Gasteiger partial charge < -0.3 is 10.6 Å². The molecule has 0 saturated carbocycles. The number of carbonyl (C=O) groups is 2. The number of halogens is 1. The van der Waals surface area contributed by atoms with E-state index in [4.69, 9.17) is 11.6 Å². The molecule has 0 fully saturated rings. The van der Waals surface area contributed by atoms with Gasteiger partial charge in [0.15, 0.2) is 0 Å². The van der Waals surface area contributed by atoms with Gasteiger partial charge in [-0.3, -0.25) is 9.59 Å². The van der Waals surface area contributed by atoms with Crippen molar-refractivity contribution < 1.29 is 9.59 Å². The van der Waals surface area contributed by atoms with Crippen molar-refractivity contribution in [1.82, 2.24) is 5.32 Å². The van der Waals surface area contributed by atoms with Gasteiger partial charge in [0.05, 0.1) is 0 Å². The fourth-order valence-corrected chi connectivity index (χ4v) is 3.20. The third-order valence-corrected chi connectivity index (χ3v) is 4.81. The minimum absolute atomic E-state index is 0.191. The van der Waals surface area contributed by atoms with E-state index in [-0.39, 0.29) is 17.7 Å². The van der Waals surface area contributed by atoms with Crippen LogP contribution in [0, 0.1) is 0 Å². The van der Waals surface area contributed by atoms with Gasteiger partial charge in [-0.1, -0.05) is 78.9 Å². The number of carbonyl (C=O) groups excluding carboxylic acids is 2. The lowest BCUT2D eigenvalue weighted by molar-refractivity contribution is -0.125. The number of anilines is 1. The molecule has 0 aliphatic heterocycles. The Balaban J connectivity index is 1.77. The van der Waals surface area contributed by atoms with Gasteiger partial charge in [-0.05, 0) is 29.2 Å². The second-order valence-corrected chi connectivity index (χ2v) is 7.02. The van der Waals surface area contributed by atoms with E-state index in [9.17, 15) is 9.59 Å². The molecular formula is C24H23ClN2O2. The highest BCUT2D eigenvalue weighted by atomic mass is 35.5. The van der Waals surface area contributed by atoms with Crippen LogP contribution in [0.1, 0.15) is 16.7 Å². The van der Waals surface area contributed by atoms with E-state index in [2.05, 4.69) is 22.8 Å². The first-order chi connectivity index (χ1) is 14.2. The maximum absolute atomic E-state index is 13.0. The van der Waals surface area contributed by atoms with E-state index in [1.165, 1.54) is 0 Å². The van der Waals surface area contributed by atoms with Crippen molar-refractivity contribution in [2.45, 2.75) is 18.9 Å². The summed E-state index contributed by atoms with van der Waals surface area (Å²) in [5, 5.41) is 5.71. The highest BCUT2D eigenvalue weighted by molar-refractivity contribution is 6.27. The van der Waals surface area contributed by atoms with Crippen LogP contribution >= 0.6 is 11.6 Å². The van der Waals surface area contributed by atoms with E-state index in [1.54, 1.807) is 0 Å². The molecule has 1 atom stereocenters. The van der Waals surface area contributed by atoms with E-state index >= 15 is 0 Å². The lowest BCUT2D eigenvalue weighted by atomic mass is 10.0. The van der Waals surface area contributed by atoms with Crippen LogP contribution in [0.5, 0.6) is 0 Å². The van der Waals surface area contributed by atoms with Crippen LogP contribution in [0.15, 0.2) is 84.9 Å². The van der Waals surface area contributed by atoms with Crippen LogP contribution < -0.4 is 10.6 Å². The zero-order chi connectivity index (χ0) is 20.5. The Morgan fingerprint density at radius 3 is 2.03 bits per heavy atom. The van der Waals surface area contributed by atoms with Crippen LogP contribution in [-0.2, 0) is 22.4 Å². The van der Waals surface area contributed by atoms with Crippen LogP contribution in [0.25, 0.3) is 0 Å². The molecule has 3 aromatic rings. The third kappa shape index (κ3) is 6.19. The number of rotatable bonds is 8. The molecule has 1 unspecified atom stereocenters. The number of benzene rings is 3. The van der Waals surface area contributed by atoms with Gasteiger partial charge in [-0.25, -0.2) is 0 Å². The number of hydrogen-bond acceptors (Lipinski definition) is 2. The molecule has 0 aromatic heterocycles. The zero-order valence-corrected chi connectivity index (χ0v) is 16.7. The van der Waals surface area contributed by atoms with Crippen LogP contribution in [0.4, 0.5) is 5.69 Å². The fourth-order valence-electron chi connectivity index (χ4n) is 3.12. The summed E-state index contributed by atoms with van der Waals surface area (Å²) in [7, 11) is 0. The largest absolute Gasteiger partial charge is 0.343 e. The van der Waals surface area contributed by atoms with E-state index in [1.807, 2.05) is 72.8 Å². The smallest absolute Gasteiger partial charge is 0.247 e. The van der Waals surface area contributed by atoms with Gasteiger partial charge in [0.1, 0.15) is 11.9 Å². The molecule has 3 aromatic carbocycles. The van der Waals surface area contributed by atoms with Gasteiger partial charge in [0.2, 0.25) is 11.8 Å². The summed E-state index contributed by atoms with van der Waals surface area (Å²) in [6.45, 7) is 0. The summed E-state index contributed by atoms with van der Waals surface area (Å²) in [5.41, 5.74) is 3.86. The van der Waals surface area contributed by atoms with Crippen molar-refractivity contribution in [2.24, 2.45) is 0 Å². The van der Waals surface area contributed by atoms with E-state index in [0.717, 1.165) is 22.4 Å². The molecule has 2 N–H and O–H groups in total. The molecule has 148 valence electrons. The molecule has 0 aliphatic rings. The molecule has 0 bridgehead atoms. The normalized spacial score (nSPS) is 11.5. The maximum Gasteiger partial charge on any atom is 0.247 e. The number of nitrogens with one attached hydrogen (secondary N) is 2. The van der Waals surface area contributed by atoms with Crippen LogP contribution in [0.3, 0.4) is 0 Å². The molecule has 0 radical (unpaired) electrons. The lowest BCUT2D eigenvalue weighted by Crippen LogP contribution is -2.45. The monoisotopic (exact) mass is 406 g/mol. The predicted octanol–water partition coefficient (Wildman–Crippen LogP) is 4.18. The second-order valence-electron chi connectivity index (χ2n) is 6.75. The standard InChI is InChI=1S/C24H23ClN2O2/c25-17-23(28)26-22(16-19-11-5-2-6-12-19)24(29)27-21-14-8-7-13-20(21)15-18-9-3-1-4-10-18/h1-14,22H,15-17H2,(H,26,28)(H,27,29). The van der Waals surface area contributed by atoms with Gasteiger partial charge in [0, 0.05) is 12.1 Å². The van der Waals surface area contributed by atoms with Gasteiger partial charge in [-0.2, -0.15) is 0 Å². The number of hydrogen-bond donors (Lipinski definition) is 2. The third-order valence-electron chi connectivity index (χ3n) is 4.57. The van der Waals surface area contributed by atoms with E-state index in [0.29, 0.717) is 12.8 Å². The summed E-state index contributed by atoms with van der Waals surface area (Å²) in [5.74, 6) is -0.837. The van der Waals surface area contributed by atoms with Crippen LogP contribution in [-0.4, -0.2) is 23.7 Å². The lowest BCUT2D eigenvalue weighted by Gasteiger charge is -2.19. The van der Waals surface area contributed by atoms with Crippen molar-refractivity contribution in [3.05, 3.63) is 102 Å². The van der Waals surface area contributed by atoms with Crippen molar-refractivity contribution in [3.8, 4) is 0 Å². The topological polar surface area (TPSA) is 58.2 Å². The Morgan fingerprint density at radius 1 is 0.793 bits per heavy atom.